The molecule has 0 saturated carbocycles. The SMILES string of the molecule is C[C@@H]1CN(Cc2ccsc2)[C@@H](C)CN1C(=O)c1cc2c(C(=O)C(=O)N3CC[C@@H](O)C3)cn(N)c2cc1Cl. The fraction of sp³-hybridized carbons (Fsp3) is 0.423. The number of β-amino-alcohol motifs (C(OH)–C–C–N with tert-alkyl or cyclic N) is 1. The zero-order chi connectivity index (χ0) is 26.4. The van der Waals surface area contributed by atoms with Crippen molar-refractivity contribution in [2.45, 2.75) is 45.0 Å². The van der Waals surface area contributed by atoms with Crippen LogP contribution in [0.3, 0.4) is 0 Å². The van der Waals surface area contributed by atoms with Crippen molar-refractivity contribution in [2.75, 3.05) is 32.0 Å². The molecule has 2 fully saturated rings. The Morgan fingerprint density at radius 3 is 2.59 bits per heavy atom. The highest BCUT2D eigenvalue weighted by Gasteiger charge is 2.35. The van der Waals surface area contributed by atoms with Crippen molar-refractivity contribution in [1.82, 2.24) is 19.4 Å². The van der Waals surface area contributed by atoms with Crippen LogP contribution in [-0.2, 0) is 11.3 Å². The Morgan fingerprint density at radius 1 is 1.14 bits per heavy atom. The maximum Gasteiger partial charge on any atom is 0.295 e. The molecule has 4 heterocycles. The fourth-order valence-electron chi connectivity index (χ4n) is 5.27. The van der Waals surface area contributed by atoms with Crippen LogP contribution in [0, 0.1) is 0 Å². The van der Waals surface area contributed by atoms with Crippen LogP contribution in [0.25, 0.3) is 10.9 Å². The van der Waals surface area contributed by atoms with Crippen molar-refractivity contribution in [3.63, 3.8) is 0 Å². The van der Waals surface area contributed by atoms with Gasteiger partial charge in [-0.1, -0.05) is 11.6 Å². The van der Waals surface area contributed by atoms with E-state index >= 15 is 0 Å². The van der Waals surface area contributed by atoms with Gasteiger partial charge in [-0.3, -0.25) is 24.0 Å². The van der Waals surface area contributed by atoms with Gasteiger partial charge in [0, 0.05) is 56.4 Å². The Balaban J connectivity index is 1.41. The summed E-state index contributed by atoms with van der Waals surface area (Å²) in [4.78, 5) is 45.2. The minimum absolute atomic E-state index is 0.0440. The van der Waals surface area contributed by atoms with Crippen molar-refractivity contribution in [2.24, 2.45) is 0 Å². The minimum atomic E-state index is -0.729. The summed E-state index contributed by atoms with van der Waals surface area (Å²) in [5.74, 6) is 4.43. The molecule has 9 nitrogen and oxygen atoms in total. The summed E-state index contributed by atoms with van der Waals surface area (Å²) < 4.78 is 1.24. The standard InChI is InChI=1S/C26H30ClN5O4S/c1-15-10-31(16(2)9-30(15)11-17-4-6-37-14-17)25(35)20-7-19-21(13-32(28)23(19)8-22(20)27)24(34)26(36)29-5-3-18(33)12-29/h4,6-8,13-16,18,33H,3,5,9-12,28H2,1-2H3/t15-,16+,18+/m0/s1. The molecule has 3 N–H and O–H groups in total. The molecule has 3 aromatic rings. The predicted molar refractivity (Wildman–Crippen MR) is 143 cm³/mol. The summed E-state index contributed by atoms with van der Waals surface area (Å²) in [5.41, 5.74) is 2.08. The van der Waals surface area contributed by atoms with Crippen molar-refractivity contribution in [1.29, 1.82) is 0 Å². The second-order valence-electron chi connectivity index (χ2n) is 10.0. The van der Waals surface area contributed by atoms with E-state index in [4.69, 9.17) is 17.4 Å². The maximum atomic E-state index is 13.7. The summed E-state index contributed by atoms with van der Waals surface area (Å²) in [5, 5.41) is 14.6. The highest BCUT2D eigenvalue weighted by atomic mass is 35.5. The van der Waals surface area contributed by atoms with Gasteiger partial charge < -0.3 is 20.7 Å². The largest absolute Gasteiger partial charge is 0.391 e. The quantitative estimate of drug-likeness (QED) is 0.291. The Hall–Kier alpha value is -2.92. The van der Waals surface area contributed by atoms with E-state index in [0.717, 1.165) is 13.1 Å². The van der Waals surface area contributed by atoms with Gasteiger partial charge in [-0.15, -0.1) is 0 Å². The Kier molecular flexibility index (Phi) is 7.01. The molecule has 11 heteroatoms. The third kappa shape index (κ3) is 4.86. The number of hydrogen-bond donors (Lipinski definition) is 2. The number of thiophene rings is 1. The van der Waals surface area contributed by atoms with Gasteiger partial charge in [0.05, 0.1) is 27.8 Å². The second kappa shape index (κ2) is 10.1. The van der Waals surface area contributed by atoms with E-state index in [-0.39, 0.29) is 40.7 Å². The Labute approximate surface area is 223 Å². The average Bonchev–Trinajstić information content (AvgIpc) is 3.61. The lowest BCUT2D eigenvalue weighted by Crippen LogP contribution is -2.57. The third-order valence-corrected chi connectivity index (χ3v) is 8.43. The molecule has 0 radical (unpaired) electrons. The van der Waals surface area contributed by atoms with Crippen LogP contribution in [0.1, 0.15) is 46.5 Å². The summed E-state index contributed by atoms with van der Waals surface area (Å²) >= 11 is 8.23. The Morgan fingerprint density at radius 2 is 1.92 bits per heavy atom. The van der Waals surface area contributed by atoms with Crippen LogP contribution in [0.4, 0.5) is 0 Å². The van der Waals surface area contributed by atoms with E-state index in [0.29, 0.717) is 30.4 Å². The number of carbonyl (C=O) groups is 3. The summed E-state index contributed by atoms with van der Waals surface area (Å²) in [6, 6.07) is 5.35. The number of rotatable bonds is 5. The van der Waals surface area contributed by atoms with E-state index in [1.807, 2.05) is 11.8 Å². The number of nitrogens with two attached hydrogens (primary N) is 1. The number of carbonyl (C=O) groups excluding carboxylic acids is 3. The highest BCUT2D eigenvalue weighted by Crippen LogP contribution is 2.30. The number of likely N-dealkylation sites (tertiary alicyclic amines) is 1. The number of amides is 2. The molecule has 0 aliphatic carbocycles. The number of aromatic nitrogens is 1. The molecular weight excluding hydrogens is 514 g/mol. The number of piperazine rings is 1. The molecule has 5 rings (SSSR count). The summed E-state index contributed by atoms with van der Waals surface area (Å²) in [6.07, 6.45) is 1.18. The maximum absolute atomic E-state index is 13.7. The van der Waals surface area contributed by atoms with Crippen LogP contribution >= 0.6 is 22.9 Å². The highest BCUT2D eigenvalue weighted by molar-refractivity contribution is 7.07. The van der Waals surface area contributed by atoms with Crippen LogP contribution < -0.4 is 5.84 Å². The smallest absolute Gasteiger partial charge is 0.295 e. The van der Waals surface area contributed by atoms with Crippen LogP contribution in [0.5, 0.6) is 0 Å². The molecule has 0 spiro atoms. The van der Waals surface area contributed by atoms with Crippen molar-refractivity contribution < 1.29 is 19.5 Å². The molecular formula is C26H30ClN5O4S. The van der Waals surface area contributed by atoms with Gasteiger partial charge >= 0.3 is 0 Å². The molecule has 37 heavy (non-hydrogen) atoms. The summed E-state index contributed by atoms with van der Waals surface area (Å²) in [6.45, 7) is 6.66. The van der Waals surface area contributed by atoms with Crippen molar-refractivity contribution >= 4 is 51.4 Å². The van der Waals surface area contributed by atoms with Gasteiger partial charge in [-0.25, -0.2) is 0 Å². The van der Waals surface area contributed by atoms with E-state index in [1.165, 1.54) is 21.3 Å². The van der Waals surface area contributed by atoms with E-state index < -0.39 is 17.8 Å². The first-order chi connectivity index (χ1) is 17.6. The van der Waals surface area contributed by atoms with Gasteiger partial charge in [0.25, 0.3) is 17.6 Å². The molecule has 3 atom stereocenters. The molecule has 2 saturated heterocycles. The number of Topliss-reactive ketones (excluding diaryl/α,β-unsaturated/α-hetero) is 1. The van der Waals surface area contributed by atoms with Gasteiger partial charge in [0.15, 0.2) is 0 Å². The van der Waals surface area contributed by atoms with Crippen molar-refractivity contribution in [3.05, 3.63) is 56.9 Å². The molecule has 2 aliphatic rings. The normalized spacial score (nSPS) is 22.6. The van der Waals surface area contributed by atoms with Crippen LogP contribution in [-0.4, -0.2) is 86.4 Å². The average molecular weight is 544 g/mol. The lowest BCUT2D eigenvalue weighted by Gasteiger charge is -2.44. The van der Waals surface area contributed by atoms with E-state index in [1.54, 1.807) is 23.5 Å². The Bertz CT molecular complexity index is 1360. The molecule has 0 bridgehead atoms. The second-order valence-corrected chi connectivity index (χ2v) is 11.2. The topological polar surface area (TPSA) is 112 Å². The first-order valence-electron chi connectivity index (χ1n) is 12.3. The number of benzene rings is 1. The number of hydrogen-bond acceptors (Lipinski definition) is 7. The number of aliphatic hydroxyl groups is 1. The monoisotopic (exact) mass is 543 g/mol. The number of fused-ring (bicyclic) bond motifs is 1. The number of nitrogens with zero attached hydrogens (tertiary/aromatic N) is 4. The fourth-order valence-corrected chi connectivity index (χ4v) is 6.17. The lowest BCUT2D eigenvalue weighted by atomic mass is 10.0. The molecule has 2 amide bonds. The zero-order valence-corrected chi connectivity index (χ0v) is 22.3. The first-order valence-corrected chi connectivity index (χ1v) is 13.6. The molecule has 2 aliphatic heterocycles. The van der Waals surface area contributed by atoms with E-state index in [2.05, 4.69) is 28.7 Å². The lowest BCUT2D eigenvalue weighted by molar-refractivity contribution is -0.125. The predicted octanol–water partition coefficient (Wildman–Crippen LogP) is 2.58. The van der Waals surface area contributed by atoms with Gasteiger partial charge in [-0.05, 0) is 54.8 Å². The minimum Gasteiger partial charge on any atom is -0.391 e. The zero-order valence-electron chi connectivity index (χ0n) is 20.8. The summed E-state index contributed by atoms with van der Waals surface area (Å²) in [7, 11) is 0. The van der Waals surface area contributed by atoms with Gasteiger partial charge in [0.1, 0.15) is 0 Å². The van der Waals surface area contributed by atoms with Crippen LogP contribution in [0.2, 0.25) is 5.02 Å². The molecule has 0 unspecified atom stereocenters. The van der Waals surface area contributed by atoms with E-state index in [9.17, 15) is 19.5 Å². The van der Waals surface area contributed by atoms with Crippen molar-refractivity contribution in [3.8, 4) is 0 Å². The number of halogens is 1. The molecule has 196 valence electrons. The number of nitrogen functional groups attached to an aromatic ring is 1. The third-order valence-electron chi connectivity index (χ3n) is 7.38. The molecule has 1 aromatic carbocycles. The van der Waals surface area contributed by atoms with Gasteiger partial charge in [0.2, 0.25) is 0 Å². The molecule has 2 aromatic heterocycles. The number of ketones is 1. The first kappa shape index (κ1) is 25.7. The van der Waals surface area contributed by atoms with Gasteiger partial charge in [-0.2, -0.15) is 11.3 Å². The number of aliphatic hydroxyl groups excluding tert-OH is 1. The van der Waals surface area contributed by atoms with Crippen LogP contribution in [0.15, 0.2) is 35.2 Å².